The number of hydrogen-bond donors (Lipinski definition) is 2. The van der Waals surface area contributed by atoms with E-state index in [2.05, 4.69) is 53.5 Å². The van der Waals surface area contributed by atoms with Gasteiger partial charge in [-0.15, -0.1) is 0 Å². The molecular weight excluding hydrogens is 478 g/mol. The molecule has 4 rings (SSSR count). The summed E-state index contributed by atoms with van der Waals surface area (Å²) in [6, 6.07) is 16.3. The zero-order valence-electron chi connectivity index (χ0n) is 20.5. The number of benzene rings is 2. The highest BCUT2D eigenvalue weighted by atomic mass is 32.2. The lowest BCUT2D eigenvalue weighted by atomic mass is 9.93. The standard InChI is InChI=1S/C26H33N5O4S/c1-19(22-8-4-6-21-5-2-3-7-23(21)22)29-13-9-20(10-14-29)17-31(36(34)35)18-25(32)28-24-11-15-30(16-12-27)26(24)33/h2-8,19-20,24,36H,9-11,13-18H2,1H3,(H,28,32)/t19?,24-/m0/s1. The summed E-state index contributed by atoms with van der Waals surface area (Å²) in [4.78, 5) is 28.6. The summed E-state index contributed by atoms with van der Waals surface area (Å²) in [7, 11) is -2.92. The van der Waals surface area contributed by atoms with E-state index < -0.39 is 22.8 Å². The van der Waals surface area contributed by atoms with Crippen molar-refractivity contribution in [1.82, 2.24) is 19.4 Å². The largest absolute Gasteiger partial charge is 0.343 e. The fourth-order valence-corrected chi connectivity index (χ4v) is 5.95. The van der Waals surface area contributed by atoms with Crippen LogP contribution in [0.15, 0.2) is 42.5 Å². The van der Waals surface area contributed by atoms with Crippen LogP contribution in [0.4, 0.5) is 0 Å². The average molecular weight is 512 g/mol. The van der Waals surface area contributed by atoms with Crippen LogP contribution in [0.3, 0.4) is 0 Å². The minimum Gasteiger partial charge on any atom is -0.343 e. The molecule has 0 aromatic heterocycles. The van der Waals surface area contributed by atoms with Crippen LogP contribution >= 0.6 is 0 Å². The quantitative estimate of drug-likeness (QED) is 0.391. The third kappa shape index (κ3) is 6.03. The summed E-state index contributed by atoms with van der Waals surface area (Å²) in [6.07, 6.45) is 2.12. The number of carbonyl (C=O) groups excluding carboxylic acids is 2. The number of carbonyl (C=O) groups is 2. The fourth-order valence-electron chi connectivity index (χ4n) is 5.34. The van der Waals surface area contributed by atoms with Gasteiger partial charge in [0.15, 0.2) is 0 Å². The van der Waals surface area contributed by atoms with Crippen molar-refractivity contribution in [3.8, 4) is 6.07 Å². The van der Waals surface area contributed by atoms with Gasteiger partial charge in [-0.05, 0) is 61.5 Å². The summed E-state index contributed by atoms with van der Waals surface area (Å²) in [5.41, 5.74) is 1.29. The topological polar surface area (TPSA) is 114 Å². The molecule has 192 valence electrons. The van der Waals surface area contributed by atoms with Crippen LogP contribution in [-0.2, 0) is 20.5 Å². The van der Waals surface area contributed by atoms with Crippen LogP contribution in [0.2, 0.25) is 0 Å². The van der Waals surface area contributed by atoms with E-state index in [9.17, 15) is 18.0 Å². The van der Waals surface area contributed by atoms with Gasteiger partial charge in [-0.25, -0.2) is 8.42 Å². The van der Waals surface area contributed by atoms with E-state index in [0.717, 1.165) is 25.9 Å². The normalized spacial score (nSPS) is 20.2. The monoisotopic (exact) mass is 511 g/mol. The molecule has 0 spiro atoms. The van der Waals surface area contributed by atoms with Crippen LogP contribution in [-0.4, -0.2) is 79.6 Å². The zero-order chi connectivity index (χ0) is 25.7. The Morgan fingerprint density at radius 3 is 2.58 bits per heavy atom. The van der Waals surface area contributed by atoms with Crippen molar-refractivity contribution >= 4 is 33.5 Å². The van der Waals surface area contributed by atoms with Crippen molar-refractivity contribution in [3.63, 3.8) is 0 Å². The van der Waals surface area contributed by atoms with E-state index in [1.807, 2.05) is 12.1 Å². The number of fused-ring (bicyclic) bond motifs is 1. The van der Waals surface area contributed by atoms with E-state index in [1.54, 1.807) is 0 Å². The molecule has 0 bridgehead atoms. The molecule has 0 aliphatic carbocycles. The maximum Gasteiger partial charge on any atom is 0.246 e. The van der Waals surface area contributed by atoms with Crippen molar-refractivity contribution < 1.29 is 18.0 Å². The van der Waals surface area contributed by atoms with E-state index in [-0.39, 0.29) is 31.0 Å². The Bertz CT molecular complexity index is 1210. The lowest BCUT2D eigenvalue weighted by Crippen LogP contribution is -2.47. The highest BCUT2D eigenvalue weighted by molar-refractivity contribution is 7.69. The molecule has 2 saturated heterocycles. The third-order valence-electron chi connectivity index (χ3n) is 7.39. The molecule has 2 aliphatic heterocycles. The smallest absolute Gasteiger partial charge is 0.246 e. The van der Waals surface area contributed by atoms with Crippen molar-refractivity contribution in [2.24, 2.45) is 5.92 Å². The van der Waals surface area contributed by atoms with Crippen molar-refractivity contribution in [1.29, 1.82) is 5.26 Å². The number of hydrogen-bond acceptors (Lipinski definition) is 6. The van der Waals surface area contributed by atoms with Gasteiger partial charge in [0.05, 0.1) is 12.6 Å². The molecule has 10 heteroatoms. The summed E-state index contributed by atoms with van der Waals surface area (Å²) in [6.45, 7) is 4.32. The first kappa shape index (κ1) is 26.1. The first-order valence-corrected chi connectivity index (χ1v) is 13.6. The molecule has 36 heavy (non-hydrogen) atoms. The van der Waals surface area contributed by atoms with Crippen molar-refractivity contribution in [2.75, 3.05) is 39.3 Å². The number of amides is 2. The Kier molecular flexibility index (Phi) is 8.56. The van der Waals surface area contributed by atoms with Crippen molar-refractivity contribution in [3.05, 3.63) is 48.0 Å². The summed E-state index contributed by atoms with van der Waals surface area (Å²) in [5.74, 6) is -0.620. The van der Waals surface area contributed by atoms with Crippen LogP contribution < -0.4 is 5.32 Å². The lowest BCUT2D eigenvalue weighted by Gasteiger charge is -2.37. The second-order valence-corrected chi connectivity index (χ2v) is 10.7. The highest BCUT2D eigenvalue weighted by Crippen LogP contribution is 2.31. The van der Waals surface area contributed by atoms with Crippen LogP contribution in [0.1, 0.15) is 37.8 Å². The van der Waals surface area contributed by atoms with Gasteiger partial charge < -0.3 is 10.2 Å². The van der Waals surface area contributed by atoms with Crippen LogP contribution in [0.5, 0.6) is 0 Å². The van der Waals surface area contributed by atoms with Gasteiger partial charge in [-0.1, -0.05) is 42.5 Å². The fraction of sp³-hybridized carbons (Fsp3) is 0.500. The number of nitriles is 1. The van der Waals surface area contributed by atoms with Gasteiger partial charge in [-0.2, -0.15) is 9.57 Å². The van der Waals surface area contributed by atoms with Gasteiger partial charge in [0.25, 0.3) is 0 Å². The number of piperidine rings is 1. The predicted octanol–water partition coefficient (Wildman–Crippen LogP) is 1.68. The molecule has 2 heterocycles. The first-order chi connectivity index (χ1) is 17.4. The average Bonchev–Trinajstić information content (AvgIpc) is 3.22. The van der Waals surface area contributed by atoms with Gasteiger partial charge in [0.2, 0.25) is 22.7 Å². The second kappa shape index (κ2) is 11.8. The number of rotatable bonds is 9. The van der Waals surface area contributed by atoms with Gasteiger partial charge in [0, 0.05) is 19.1 Å². The molecule has 1 N–H and O–H groups in total. The Hall–Kier alpha value is -3.00. The molecular formula is C26H33N5O4S. The molecule has 2 aromatic carbocycles. The number of nitrogens with zero attached hydrogens (tertiary/aromatic N) is 4. The minimum absolute atomic E-state index is 0.0123. The molecule has 2 amide bonds. The zero-order valence-corrected chi connectivity index (χ0v) is 21.4. The Labute approximate surface area is 213 Å². The number of thiol groups is 1. The molecule has 0 radical (unpaired) electrons. The SMILES string of the molecule is CC(c1cccc2ccccc12)N1CCC(CN(CC(=O)N[C@H]2CCN(CC#N)C2=O)[SH](=O)=O)CC1. The molecule has 2 fully saturated rings. The number of likely N-dealkylation sites (tertiary alicyclic amines) is 2. The second-order valence-electron chi connectivity index (χ2n) is 9.64. The molecule has 0 saturated carbocycles. The lowest BCUT2D eigenvalue weighted by molar-refractivity contribution is -0.132. The van der Waals surface area contributed by atoms with Gasteiger partial charge in [0.1, 0.15) is 12.6 Å². The van der Waals surface area contributed by atoms with Gasteiger partial charge in [-0.3, -0.25) is 14.5 Å². The summed E-state index contributed by atoms with van der Waals surface area (Å²) in [5, 5.41) is 13.9. The van der Waals surface area contributed by atoms with Crippen molar-refractivity contribution in [2.45, 2.75) is 38.3 Å². The van der Waals surface area contributed by atoms with E-state index in [0.29, 0.717) is 19.5 Å². The number of nitrogens with one attached hydrogen (secondary N) is 1. The highest BCUT2D eigenvalue weighted by Gasteiger charge is 2.33. The molecule has 2 aromatic rings. The molecule has 9 nitrogen and oxygen atoms in total. The van der Waals surface area contributed by atoms with Gasteiger partial charge >= 0.3 is 0 Å². The van der Waals surface area contributed by atoms with Crippen LogP contribution in [0.25, 0.3) is 10.8 Å². The van der Waals surface area contributed by atoms with E-state index >= 15 is 0 Å². The maximum absolute atomic E-state index is 12.5. The summed E-state index contributed by atoms with van der Waals surface area (Å²) >= 11 is 0. The summed E-state index contributed by atoms with van der Waals surface area (Å²) < 4.78 is 25.0. The molecule has 1 unspecified atom stereocenters. The Balaban J connectivity index is 1.29. The van der Waals surface area contributed by atoms with E-state index in [1.165, 1.54) is 25.5 Å². The molecule has 2 atom stereocenters. The maximum atomic E-state index is 12.5. The first-order valence-electron chi connectivity index (χ1n) is 12.4. The van der Waals surface area contributed by atoms with E-state index in [4.69, 9.17) is 5.26 Å². The molecule has 2 aliphatic rings. The third-order valence-corrected chi connectivity index (χ3v) is 8.16. The Morgan fingerprint density at radius 2 is 1.86 bits per heavy atom. The van der Waals surface area contributed by atoms with Crippen LogP contribution in [0, 0.1) is 17.2 Å². The predicted molar refractivity (Wildman–Crippen MR) is 137 cm³/mol. The minimum atomic E-state index is -2.92. The Morgan fingerprint density at radius 1 is 1.14 bits per heavy atom.